The molecule has 0 unspecified atom stereocenters. The van der Waals surface area contributed by atoms with Gasteiger partial charge in [0, 0.05) is 24.3 Å². The summed E-state index contributed by atoms with van der Waals surface area (Å²) in [5.74, 6) is 5.81. The van der Waals surface area contributed by atoms with Crippen molar-refractivity contribution < 1.29 is 9.90 Å². The van der Waals surface area contributed by atoms with Crippen LogP contribution in [0.15, 0.2) is 24.5 Å². The van der Waals surface area contributed by atoms with Gasteiger partial charge in [-0.1, -0.05) is 18.9 Å². The second kappa shape index (κ2) is 7.43. The van der Waals surface area contributed by atoms with Crippen molar-refractivity contribution in [2.45, 2.75) is 20.4 Å². The summed E-state index contributed by atoms with van der Waals surface area (Å²) in [6.07, 6.45) is 1.37. The second-order valence-corrected chi connectivity index (χ2v) is 6.42. The van der Waals surface area contributed by atoms with Gasteiger partial charge in [-0.3, -0.25) is 4.79 Å². The quantitative estimate of drug-likeness (QED) is 0.588. The molecule has 0 saturated heterocycles. The lowest BCUT2D eigenvalue weighted by Gasteiger charge is -2.07. The molecule has 2 heterocycles. The van der Waals surface area contributed by atoms with Gasteiger partial charge in [0.1, 0.15) is 17.8 Å². The van der Waals surface area contributed by atoms with Crippen molar-refractivity contribution in [1.29, 1.82) is 0 Å². The van der Waals surface area contributed by atoms with E-state index in [1.807, 2.05) is 13.8 Å². The van der Waals surface area contributed by atoms with E-state index in [1.54, 1.807) is 22.9 Å². The summed E-state index contributed by atoms with van der Waals surface area (Å²) in [7, 11) is 0. The molecule has 27 heavy (non-hydrogen) atoms. The molecule has 0 saturated carbocycles. The van der Waals surface area contributed by atoms with E-state index >= 15 is 0 Å². The Balaban J connectivity index is 2.10. The summed E-state index contributed by atoms with van der Waals surface area (Å²) in [4.78, 5) is 19.7. The Bertz CT molecular complexity index is 1080. The van der Waals surface area contributed by atoms with Gasteiger partial charge in [0.25, 0.3) is 0 Å². The van der Waals surface area contributed by atoms with Gasteiger partial charge in [0.15, 0.2) is 5.65 Å². The summed E-state index contributed by atoms with van der Waals surface area (Å²) in [6.45, 7) is 4.30. The van der Waals surface area contributed by atoms with Gasteiger partial charge < -0.3 is 16.6 Å². The van der Waals surface area contributed by atoms with Crippen LogP contribution in [0.25, 0.3) is 11.0 Å². The summed E-state index contributed by atoms with van der Waals surface area (Å²) < 4.78 is 1.67. The van der Waals surface area contributed by atoms with Gasteiger partial charge in [0.2, 0.25) is 5.91 Å². The van der Waals surface area contributed by atoms with E-state index in [9.17, 15) is 9.90 Å². The number of hydrogen-bond acceptors (Lipinski definition) is 6. The molecule has 0 aliphatic heterocycles. The van der Waals surface area contributed by atoms with E-state index in [2.05, 4.69) is 26.9 Å². The highest BCUT2D eigenvalue weighted by atomic mass is 16.3. The summed E-state index contributed by atoms with van der Waals surface area (Å²) >= 11 is 0. The van der Waals surface area contributed by atoms with Crippen LogP contribution in [0.4, 0.5) is 5.82 Å². The minimum atomic E-state index is -0.511. The van der Waals surface area contributed by atoms with Gasteiger partial charge in [-0.15, -0.1) is 0 Å². The number of carbonyl (C=O) groups excluding carboxylic acids is 1. The highest BCUT2D eigenvalue weighted by Crippen LogP contribution is 2.21. The molecule has 0 spiro atoms. The summed E-state index contributed by atoms with van der Waals surface area (Å²) in [5, 5.41) is 14.4. The number of carbonyl (C=O) groups is 1. The first kappa shape index (κ1) is 18.4. The molecule has 5 N–H and O–H groups in total. The van der Waals surface area contributed by atoms with Crippen LogP contribution in [-0.4, -0.2) is 37.4 Å². The molecule has 3 rings (SSSR count). The largest absolute Gasteiger partial charge is 0.396 e. The topological polar surface area (TPSA) is 133 Å². The number of nitrogen functional groups attached to an aromatic ring is 1. The Morgan fingerprint density at radius 1 is 1.33 bits per heavy atom. The lowest BCUT2D eigenvalue weighted by Crippen LogP contribution is -2.12. The number of anilines is 1. The van der Waals surface area contributed by atoms with Crippen LogP contribution >= 0.6 is 0 Å². The molecule has 0 aliphatic carbocycles. The predicted octanol–water partition coefficient (Wildman–Crippen LogP) is 0.844. The average Bonchev–Trinajstić information content (AvgIpc) is 2.99. The van der Waals surface area contributed by atoms with Gasteiger partial charge in [-0.2, -0.15) is 5.10 Å². The van der Waals surface area contributed by atoms with Crippen LogP contribution in [-0.2, 0) is 6.54 Å². The van der Waals surface area contributed by atoms with E-state index in [-0.39, 0.29) is 18.3 Å². The molecule has 1 amide bonds. The van der Waals surface area contributed by atoms with Crippen molar-refractivity contribution >= 4 is 22.8 Å². The number of aliphatic hydroxyl groups excluding tert-OH is 1. The van der Waals surface area contributed by atoms with E-state index in [0.717, 1.165) is 5.56 Å². The number of aryl methyl sites for hydroxylation is 1. The molecular weight excluding hydrogens is 344 g/mol. The number of primary amides is 1. The van der Waals surface area contributed by atoms with E-state index in [4.69, 9.17) is 11.5 Å². The molecule has 0 aliphatic rings. The lowest BCUT2D eigenvalue weighted by atomic mass is 10.0. The van der Waals surface area contributed by atoms with Gasteiger partial charge >= 0.3 is 0 Å². The third-order valence-electron chi connectivity index (χ3n) is 4.19. The number of fused-ring (bicyclic) bond motifs is 1. The number of nitrogens with two attached hydrogens (primary N) is 2. The zero-order valence-corrected chi connectivity index (χ0v) is 15.1. The monoisotopic (exact) mass is 364 g/mol. The maximum atomic E-state index is 11.4. The molecule has 0 fully saturated rings. The Hall–Kier alpha value is -3.44. The molecule has 138 valence electrons. The number of amides is 1. The zero-order valence-electron chi connectivity index (χ0n) is 15.1. The fourth-order valence-electron chi connectivity index (χ4n) is 2.63. The standard InChI is InChI=1S/C19H20N6O2/c1-11(9-26)8-25-19-16(17(20)22-10-23-19)15(24-25)6-5-13-7-14(18(21)27)4-3-12(13)2/h3-4,7,10-11,26H,8-9H2,1-2H3,(H2,21,27)(H2,20,22,23)/t11-/m1/s1. The zero-order chi connectivity index (χ0) is 19.6. The number of nitrogens with zero attached hydrogens (tertiary/aromatic N) is 4. The van der Waals surface area contributed by atoms with E-state index < -0.39 is 5.91 Å². The fourth-order valence-corrected chi connectivity index (χ4v) is 2.63. The Morgan fingerprint density at radius 2 is 2.11 bits per heavy atom. The molecule has 0 bridgehead atoms. The summed E-state index contributed by atoms with van der Waals surface area (Å²) in [5.41, 5.74) is 14.3. The lowest BCUT2D eigenvalue weighted by molar-refractivity contribution is 0.1000. The highest BCUT2D eigenvalue weighted by molar-refractivity contribution is 5.93. The van der Waals surface area contributed by atoms with E-state index in [1.165, 1.54) is 6.33 Å². The second-order valence-electron chi connectivity index (χ2n) is 6.42. The van der Waals surface area contributed by atoms with Crippen molar-refractivity contribution in [2.24, 2.45) is 11.7 Å². The van der Waals surface area contributed by atoms with Crippen molar-refractivity contribution in [3.05, 3.63) is 46.9 Å². The third-order valence-corrected chi connectivity index (χ3v) is 4.19. The normalized spacial score (nSPS) is 11.8. The molecule has 8 heteroatoms. The Labute approximate surface area is 156 Å². The molecule has 1 atom stereocenters. The van der Waals surface area contributed by atoms with Crippen molar-refractivity contribution in [3.63, 3.8) is 0 Å². The van der Waals surface area contributed by atoms with Gasteiger partial charge in [0.05, 0.1) is 5.39 Å². The third kappa shape index (κ3) is 3.73. The van der Waals surface area contributed by atoms with Crippen LogP contribution in [0.1, 0.15) is 34.1 Å². The number of benzene rings is 1. The molecular formula is C19H20N6O2. The van der Waals surface area contributed by atoms with E-state index in [0.29, 0.717) is 34.4 Å². The molecule has 1 aromatic carbocycles. The van der Waals surface area contributed by atoms with Crippen molar-refractivity contribution in [2.75, 3.05) is 12.3 Å². The highest BCUT2D eigenvalue weighted by Gasteiger charge is 2.15. The Kier molecular flexibility index (Phi) is 5.05. The molecule has 0 radical (unpaired) electrons. The smallest absolute Gasteiger partial charge is 0.248 e. The maximum absolute atomic E-state index is 11.4. The van der Waals surface area contributed by atoms with Crippen LogP contribution in [0.3, 0.4) is 0 Å². The first-order valence-electron chi connectivity index (χ1n) is 8.41. The Morgan fingerprint density at radius 3 is 2.81 bits per heavy atom. The van der Waals surface area contributed by atoms with Crippen LogP contribution in [0.2, 0.25) is 0 Å². The number of aromatic nitrogens is 4. The van der Waals surface area contributed by atoms with Crippen molar-refractivity contribution in [3.8, 4) is 11.8 Å². The minimum absolute atomic E-state index is 0.000378. The van der Waals surface area contributed by atoms with Crippen molar-refractivity contribution in [1.82, 2.24) is 19.7 Å². The fraction of sp³-hybridized carbons (Fsp3) is 0.263. The molecule has 3 aromatic rings. The van der Waals surface area contributed by atoms with Crippen LogP contribution in [0.5, 0.6) is 0 Å². The minimum Gasteiger partial charge on any atom is -0.396 e. The number of aliphatic hydroxyl groups is 1. The van der Waals surface area contributed by atoms with Crippen LogP contribution < -0.4 is 11.5 Å². The number of rotatable bonds is 4. The SMILES string of the molecule is Cc1ccc(C(N)=O)cc1C#Cc1nn(C[C@@H](C)CO)c2ncnc(N)c12. The summed E-state index contributed by atoms with van der Waals surface area (Å²) in [6, 6.07) is 5.10. The molecule has 2 aromatic heterocycles. The number of hydrogen-bond donors (Lipinski definition) is 3. The van der Waals surface area contributed by atoms with Gasteiger partial charge in [-0.05, 0) is 36.5 Å². The maximum Gasteiger partial charge on any atom is 0.248 e. The molecule has 8 nitrogen and oxygen atoms in total. The first-order valence-corrected chi connectivity index (χ1v) is 8.41. The first-order chi connectivity index (χ1) is 12.9. The average molecular weight is 364 g/mol. The predicted molar refractivity (Wildman–Crippen MR) is 102 cm³/mol. The van der Waals surface area contributed by atoms with Crippen LogP contribution in [0, 0.1) is 24.7 Å². The van der Waals surface area contributed by atoms with Gasteiger partial charge in [-0.25, -0.2) is 14.6 Å².